The van der Waals surface area contributed by atoms with E-state index < -0.39 is 11.9 Å². The molecule has 8 heteroatoms. The third-order valence-corrected chi connectivity index (χ3v) is 4.13. The van der Waals surface area contributed by atoms with Crippen molar-refractivity contribution in [2.45, 2.75) is 32.1 Å². The Labute approximate surface area is 150 Å². The average Bonchev–Trinajstić information content (AvgIpc) is 3.04. The molecular formula is C18H23F3N4O. The van der Waals surface area contributed by atoms with Gasteiger partial charge in [0.25, 0.3) is 0 Å². The molecule has 0 spiro atoms. The first-order valence-corrected chi connectivity index (χ1v) is 8.33. The first-order chi connectivity index (χ1) is 12.2. The van der Waals surface area contributed by atoms with E-state index in [-0.39, 0.29) is 18.5 Å². The molecule has 26 heavy (non-hydrogen) atoms. The molecule has 142 valence electrons. The number of amides is 1. The second-order valence-corrected chi connectivity index (χ2v) is 6.27. The number of hydrogen-bond donors (Lipinski definition) is 1. The van der Waals surface area contributed by atoms with Crippen LogP contribution in [0.2, 0.25) is 0 Å². The Morgan fingerprint density at radius 2 is 1.88 bits per heavy atom. The molecule has 2 rings (SSSR count). The molecule has 0 aliphatic heterocycles. The van der Waals surface area contributed by atoms with Crippen molar-refractivity contribution >= 4 is 5.91 Å². The molecule has 1 heterocycles. The molecule has 0 radical (unpaired) electrons. The highest BCUT2D eigenvalue weighted by atomic mass is 19.4. The minimum Gasteiger partial charge on any atom is -0.353 e. The van der Waals surface area contributed by atoms with Crippen molar-refractivity contribution in [2.75, 3.05) is 20.6 Å². The third kappa shape index (κ3) is 5.32. The van der Waals surface area contributed by atoms with Crippen LogP contribution in [-0.4, -0.2) is 41.2 Å². The Morgan fingerprint density at radius 1 is 1.23 bits per heavy atom. The number of rotatable bonds is 7. The largest absolute Gasteiger partial charge is 0.435 e. The van der Waals surface area contributed by atoms with Crippen LogP contribution < -0.4 is 5.32 Å². The fraction of sp³-hybridized carbons (Fsp3) is 0.444. The maximum Gasteiger partial charge on any atom is 0.435 e. The fourth-order valence-electron chi connectivity index (χ4n) is 2.59. The van der Waals surface area contributed by atoms with E-state index in [1.54, 1.807) is 0 Å². The van der Waals surface area contributed by atoms with Crippen LogP contribution in [0.5, 0.6) is 0 Å². The van der Waals surface area contributed by atoms with E-state index >= 15 is 0 Å². The number of hydrogen-bond acceptors (Lipinski definition) is 3. The smallest absolute Gasteiger partial charge is 0.353 e. The van der Waals surface area contributed by atoms with Crippen LogP contribution in [0.4, 0.5) is 13.2 Å². The van der Waals surface area contributed by atoms with Gasteiger partial charge < -0.3 is 10.2 Å². The Kier molecular flexibility index (Phi) is 6.42. The second kappa shape index (κ2) is 8.35. The van der Waals surface area contributed by atoms with Gasteiger partial charge in [-0.15, -0.1) is 0 Å². The first-order valence-electron chi connectivity index (χ1n) is 8.33. The number of carbonyl (C=O) groups is 1. The zero-order valence-electron chi connectivity index (χ0n) is 15.0. The summed E-state index contributed by atoms with van der Waals surface area (Å²) in [5.74, 6) is -0.390. The van der Waals surface area contributed by atoms with Crippen molar-refractivity contribution in [1.82, 2.24) is 20.0 Å². The first kappa shape index (κ1) is 20.0. The molecule has 2 aromatic rings. The van der Waals surface area contributed by atoms with Crippen molar-refractivity contribution in [3.63, 3.8) is 0 Å². The maximum absolute atomic E-state index is 12.5. The zero-order valence-corrected chi connectivity index (χ0v) is 15.0. The number of halogens is 3. The SMILES string of the molecule is CCc1ccc(C(CNC(=O)Cn2ccc(C(F)(F)F)n2)N(C)C)cc1. The lowest BCUT2D eigenvalue weighted by molar-refractivity contribution is -0.141. The predicted molar refractivity (Wildman–Crippen MR) is 92.5 cm³/mol. The third-order valence-electron chi connectivity index (χ3n) is 4.13. The van der Waals surface area contributed by atoms with Crippen molar-refractivity contribution in [3.05, 3.63) is 53.3 Å². The summed E-state index contributed by atoms with van der Waals surface area (Å²) < 4.78 is 38.6. The van der Waals surface area contributed by atoms with E-state index in [1.807, 2.05) is 31.1 Å². The number of benzene rings is 1. The summed E-state index contributed by atoms with van der Waals surface area (Å²) in [5, 5.41) is 6.15. The molecule has 0 saturated carbocycles. The number of alkyl halides is 3. The van der Waals surface area contributed by atoms with Crippen LogP contribution in [0.3, 0.4) is 0 Å². The van der Waals surface area contributed by atoms with Crippen molar-refractivity contribution in [1.29, 1.82) is 0 Å². The monoisotopic (exact) mass is 368 g/mol. The van der Waals surface area contributed by atoms with Gasteiger partial charge in [-0.05, 0) is 37.7 Å². The Morgan fingerprint density at radius 3 is 2.38 bits per heavy atom. The summed E-state index contributed by atoms with van der Waals surface area (Å²) in [7, 11) is 3.82. The van der Waals surface area contributed by atoms with Gasteiger partial charge >= 0.3 is 6.18 Å². The van der Waals surface area contributed by atoms with E-state index in [9.17, 15) is 18.0 Å². The van der Waals surface area contributed by atoms with Crippen LogP contribution in [-0.2, 0) is 23.9 Å². The van der Waals surface area contributed by atoms with Crippen LogP contribution in [0.1, 0.15) is 29.8 Å². The summed E-state index contributed by atoms with van der Waals surface area (Å²) in [6, 6.07) is 8.97. The molecule has 0 fully saturated rings. The standard InChI is InChI=1S/C18H23F3N4O/c1-4-13-5-7-14(8-6-13)15(24(2)3)11-22-17(26)12-25-10-9-16(23-25)18(19,20)21/h5-10,15H,4,11-12H2,1-3H3,(H,22,26). The molecule has 0 aliphatic carbocycles. The van der Waals surface area contributed by atoms with Gasteiger partial charge in [0.1, 0.15) is 6.54 Å². The van der Waals surface area contributed by atoms with E-state index in [2.05, 4.69) is 29.5 Å². The Balaban J connectivity index is 1.95. The topological polar surface area (TPSA) is 50.2 Å². The quantitative estimate of drug-likeness (QED) is 0.818. The van der Waals surface area contributed by atoms with Crippen molar-refractivity contribution in [2.24, 2.45) is 0 Å². The van der Waals surface area contributed by atoms with Crippen molar-refractivity contribution < 1.29 is 18.0 Å². The molecule has 1 amide bonds. The lowest BCUT2D eigenvalue weighted by atomic mass is 10.0. The highest BCUT2D eigenvalue weighted by Crippen LogP contribution is 2.27. The molecule has 1 aromatic heterocycles. The molecule has 1 unspecified atom stereocenters. The minimum absolute atomic E-state index is 0.0341. The van der Waals surface area contributed by atoms with E-state index in [0.29, 0.717) is 6.54 Å². The van der Waals surface area contributed by atoms with Crippen LogP contribution in [0, 0.1) is 0 Å². The zero-order chi connectivity index (χ0) is 19.3. The van der Waals surface area contributed by atoms with E-state index in [0.717, 1.165) is 28.9 Å². The molecule has 1 aromatic carbocycles. The molecule has 0 aliphatic rings. The number of aromatic nitrogens is 2. The number of carbonyl (C=O) groups excluding carboxylic acids is 1. The van der Waals surface area contributed by atoms with Crippen LogP contribution in [0.15, 0.2) is 36.5 Å². The Bertz CT molecular complexity index is 723. The molecule has 1 atom stereocenters. The highest BCUT2D eigenvalue weighted by molar-refractivity contribution is 5.75. The van der Waals surface area contributed by atoms with Gasteiger partial charge in [-0.25, -0.2) is 0 Å². The minimum atomic E-state index is -4.51. The number of aryl methyl sites for hydroxylation is 1. The highest BCUT2D eigenvalue weighted by Gasteiger charge is 2.33. The van der Waals surface area contributed by atoms with Gasteiger partial charge in [0.05, 0.1) is 6.04 Å². The normalized spacial score (nSPS) is 13.0. The summed E-state index contributed by atoms with van der Waals surface area (Å²) in [6.45, 7) is 2.17. The van der Waals surface area contributed by atoms with Gasteiger partial charge in [-0.2, -0.15) is 18.3 Å². The van der Waals surface area contributed by atoms with Gasteiger partial charge in [0, 0.05) is 12.7 Å². The summed E-state index contributed by atoms with van der Waals surface area (Å²) in [4.78, 5) is 14.0. The fourth-order valence-corrected chi connectivity index (χ4v) is 2.59. The van der Waals surface area contributed by atoms with Gasteiger partial charge in [-0.3, -0.25) is 9.48 Å². The van der Waals surface area contributed by atoms with Crippen molar-refractivity contribution in [3.8, 4) is 0 Å². The molecule has 0 saturated heterocycles. The molecule has 5 nitrogen and oxygen atoms in total. The van der Waals surface area contributed by atoms with E-state index in [1.165, 1.54) is 5.56 Å². The van der Waals surface area contributed by atoms with Crippen LogP contribution in [0.25, 0.3) is 0 Å². The number of likely N-dealkylation sites (N-methyl/N-ethyl adjacent to an activating group) is 1. The summed E-state index contributed by atoms with van der Waals surface area (Å²) in [6.07, 6.45) is -2.41. The summed E-state index contributed by atoms with van der Waals surface area (Å²) in [5.41, 5.74) is 1.29. The average molecular weight is 368 g/mol. The van der Waals surface area contributed by atoms with Gasteiger partial charge in [-0.1, -0.05) is 31.2 Å². The molecule has 1 N–H and O–H groups in total. The van der Waals surface area contributed by atoms with Gasteiger partial charge in [0.2, 0.25) is 5.91 Å². The summed E-state index contributed by atoms with van der Waals surface area (Å²) >= 11 is 0. The van der Waals surface area contributed by atoms with E-state index in [4.69, 9.17) is 0 Å². The molecule has 0 bridgehead atoms. The Hall–Kier alpha value is -2.35. The maximum atomic E-state index is 12.5. The number of nitrogens with one attached hydrogen (secondary N) is 1. The molecular weight excluding hydrogens is 345 g/mol. The lowest BCUT2D eigenvalue weighted by Gasteiger charge is -2.25. The number of nitrogens with zero attached hydrogens (tertiary/aromatic N) is 3. The van der Waals surface area contributed by atoms with Gasteiger partial charge in [0.15, 0.2) is 5.69 Å². The van der Waals surface area contributed by atoms with Crippen LogP contribution >= 0.6 is 0 Å². The predicted octanol–water partition coefficient (Wildman–Crippen LogP) is 2.88. The second-order valence-electron chi connectivity index (χ2n) is 6.27. The lowest BCUT2D eigenvalue weighted by Crippen LogP contribution is -2.36.